The van der Waals surface area contributed by atoms with Crippen molar-refractivity contribution in [2.24, 2.45) is 15.1 Å². The minimum atomic E-state index is -1.21. The van der Waals surface area contributed by atoms with E-state index in [1.807, 2.05) is 5.01 Å². The number of amides is 2. The van der Waals surface area contributed by atoms with Crippen molar-refractivity contribution in [3.63, 3.8) is 0 Å². The number of nitrogens with one attached hydrogen (secondary N) is 1. The summed E-state index contributed by atoms with van der Waals surface area (Å²) in [5.74, 6) is -1.54. The largest absolute Gasteiger partial charge is 0.477 e. The number of guanidine groups is 1. The number of anilines is 1. The Kier molecular flexibility index (Phi) is 6.00. The van der Waals surface area contributed by atoms with Gasteiger partial charge < -0.3 is 21.0 Å². The van der Waals surface area contributed by atoms with Crippen LogP contribution in [0.25, 0.3) is 0 Å². The minimum Gasteiger partial charge on any atom is -0.477 e. The number of thiazole rings is 1. The summed E-state index contributed by atoms with van der Waals surface area (Å²) in [5.41, 5.74) is 6.20. The van der Waals surface area contributed by atoms with Gasteiger partial charge in [-0.05, 0) is 11.6 Å². The lowest BCUT2D eigenvalue weighted by molar-refractivity contribution is -0.150. The van der Waals surface area contributed by atoms with E-state index in [-0.39, 0.29) is 28.8 Å². The fraction of sp³-hybridized carbons (Fsp3) is 0.316. The highest BCUT2D eigenvalue weighted by atomic mass is 32.2. The van der Waals surface area contributed by atoms with E-state index in [2.05, 4.69) is 25.4 Å². The summed E-state index contributed by atoms with van der Waals surface area (Å²) in [6, 6.07) is -0.928. The molecule has 16 heteroatoms. The maximum Gasteiger partial charge on any atom is 0.352 e. The zero-order valence-corrected chi connectivity index (χ0v) is 19.8. The van der Waals surface area contributed by atoms with Crippen molar-refractivity contribution in [1.82, 2.24) is 25.2 Å². The van der Waals surface area contributed by atoms with Gasteiger partial charge in [-0.1, -0.05) is 5.16 Å². The molecule has 1 fully saturated rings. The normalized spacial score (nSPS) is 23.6. The van der Waals surface area contributed by atoms with E-state index in [1.165, 1.54) is 23.8 Å². The molecule has 1 saturated heterocycles. The summed E-state index contributed by atoms with van der Waals surface area (Å²) >= 11 is 2.50. The van der Waals surface area contributed by atoms with Crippen molar-refractivity contribution < 1.29 is 24.3 Å². The van der Waals surface area contributed by atoms with Crippen molar-refractivity contribution >= 4 is 63.9 Å². The fourth-order valence-corrected chi connectivity index (χ4v) is 5.84. The number of hydrogen-bond donors (Lipinski definition) is 3. The number of nitrogens with two attached hydrogens (primary N) is 1. The Morgan fingerprint density at radius 3 is 2.97 bits per heavy atom. The number of carbonyl (C=O) groups is 3. The standard InChI is InChI=1S/C19H19N9O5S2/c1-33-25-11(10-7-35-18(20)23-10)14(29)24-12-15(30)28-13(17(31)32)9(6-34-16(12)28)5-26-8-22-19-21-3-2-4-27(19)26/h2-4,7,12,16H,5-6,8H2,1H3,(H2,20,23)(H,24,29)(H,31,32)/t12-,16+/m1/s1. The van der Waals surface area contributed by atoms with E-state index >= 15 is 0 Å². The number of nitrogen functional groups attached to an aromatic ring is 1. The number of fused-ring (bicyclic) bond motifs is 2. The monoisotopic (exact) mass is 517 g/mol. The van der Waals surface area contributed by atoms with Gasteiger partial charge in [-0.3, -0.25) is 14.5 Å². The lowest BCUT2D eigenvalue weighted by Crippen LogP contribution is -2.71. The lowest BCUT2D eigenvalue weighted by Gasteiger charge is -2.49. The van der Waals surface area contributed by atoms with Gasteiger partial charge >= 0.3 is 5.97 Å². The molecule has 4 aliphatic rings. The predicted octanol–water partition coefficient (Wildman–Crippen LogP) is -0.741. The van der Waals surface area contributed by atoms with Crippen LogP contribution < -0.4 is 11.1 Å². The second-order valence-electron chi connectivity index (χ2n) is 7.54. The second-order valence-corrected chi connectivity index (χ2v) is 9.53. The van der Waals surface area contributed by atoms with Crippen LogP contribution in [-0.4, -0.2) is 98.2 Å². The Balaban J connectivity index is 1.32. The third-order valence-corrected chi connectivity index (χ3v) is 7.47. The van der Waals surface area contributed by atoms with Gasteiger partial charge in [0, 0.05) is 30.1 Å². The van der Waals surface area contributed by atoms with Gasteiger partial charge in [0.1, 0.15) is 36.6 Å². The fourth-order valence-electron chi connectivity index (χ4n) is 3.96. The number of β-lactam (4-membered cyclic amide) rings is 1. The molecule has 0 unspecified atom stereocenters. The molecule has 0 aliphatic carbocycles. The molecule has 14 nitrogen and oxygen atoms in total. The van der Waals surface area contributed by atoms with Crippen LogP contribution in [0.4, 0.5) is 5.13 Å². The van der Waals surface area contributed by atoms with Crippen LogP contribution in [-0.2, 0) is 19.2 Å². The zero-order valence-electron chi connectivity index (χ0n) is 18.2. The molecule has 0 radical (unpaired) electrons. The smallest absolute Gasteiger partial charge is 0.352 e. The van der Waals surface area contributed by atoms with Crippen LogP contribution in [0.15, 0.2) is 44.1 Å². The van der Waals surface area contributed by atoms with Gasteiger partial charge in [-0.25, -0.2) is 24.8 Å². The van der Waals surface area contributed by atoms with Crippen LogP contribution in [0.5, 0.6) is 0 Å². The first-order valence-corrected chi connectivity index (χ1v) is 12.1. The topological polar surface area (TPSA) is 178 Å². The number of rotatable bonds is 7. The van der Waals surface area contributed by atoms with Crippen LogP contribution in [0.3, 0.4) is 0 Å². The van der Waals surface area contributed by atoms with Gasteiger partial charge in [0.15, 0.2) is 10.8 Å². The number of carboxylic acids is 1. The highest BCUT2D eigenvalue weighted by Crippen LogP contribution is 2.40. The maximum atomic E-state index is 13.0. The zero-order chi connectivity index (χ0) is 24.7. The van der Waals surface area contributed by atoms with Crippen LogP contribution in [0.1, 0.15) is 5.69 Å². The molecule has 4 aliphatic heterocycles. The van der Waals surface area contributed by atoms with Gasteiger partial charge in [0.2, 0.25) is 5.96 Å². The Bertz CT molecular complexity index is 1250. The van der Waals surface area contributed by atoms with E-state index in [4.69, 9.17) is 10.6 Å². The Hall–Kier alpha value is -3.76. The number of allylic oxidation sites excluding steroid dienone is 1. The number of hydrogen-bond acceptors (Lipinski definition) is 13. The molecule has 0 bridgehead atoms. The third-order valence-electron chi connectivity index (χ3n) is 5.46. The summed E-state index contributed by atoms with van der Waals surface area (Å²) in [6.07, 6.45) is 5.16. The Morgan fingerprint density at radius 2 is 2.26 bits per heavy atom. The summed E-state index contributed by atoms with van der Waals surface area (Å²) < 4.78 is 0. The molecule has 5 rings (SSSR count). The Labute approximate surface area is 206 Å². The summed E-state index contributed by atoms with van der Waals surface area (Å²) in [4.78, 5) is 56.5. The molecular weight excluding hydrogens is 498 g/mol. The SMILES string of the molecule is CON=C(C(=O)N[C@@H]1C(=O)N2C(C(=O)O)=C(CN3CN=C4N=CC=CN43)CS[C@@H]12)c1csc(N)n1. The van der Waals surface area contributed by atoms with Crippen molar-refractivity contribution in [3.05, 3.63) is 34.6 Å². The van der Waals surface area contributed by atoms with Crippen molar-refractivity contribution in [2.45, 2.75) is 11.4 Å². The van der Waals surface area contributed by atoms with Gasteiger partial charge in [0.05, 0.1) is 0 Å². The first-order valence-electron chi connectivity index (χ1n) is 10.2. The summed E-state index contributed by atoms with van der Waals surface area (Å²) in [5, 5.41) is 21.1. The number of carbonyl (C=O) groups excluding carboxylic acids is 2. The number of aromatic nitrogens is 1. The van der Waals surface area contributed by atoms with E-state index in [1.54, 1.807) is 28.9 Å². The van der Waals surface area contributed by atoms with E-state index in [0.29, 0.717) is 24.0 Å². The average Bonchev–Trinajstić information content (AvgIpc) is 3.46. The number of aliphatic carboxylic acids is 1. The highest BCUT2D eigenvalue weighted by Gasteiger charge is 2.54. The second kappa shape index (κ2) is 9.12. The minimum absolute atomic E-state index is 0.0831. The van der Waals surface area contributed by atoms with Crippen LogP contribution >= 0.6 is 23.1 Å². The van der Waals surface area contributed by atoms with E-state index in [0.717, 1.165) is 11.3 Å². The van der Waals surface area contributed by atoms with Gasteiger partial charge in [-0.2, -0.15) is 5.01 Å². The number of oxime groups is 1. The summed E-state index contributed by atoms with van der Waals surface area (Å²) in [7, 11) is 1.28. The van der Waals surface area contributed by atoms with Gasteiger partial charge in [-0.15, -0.1) is 23.1 Å². The van der Waals surface area contributed by atoms with Crippen LogP contribution in [0, 0.1) is 0 Å². The predicted molar refractivity (Wildman–Crippen MR) is 128 cm³/mol. The lowest BCUT2D eigenvalue weighted by atomic mass is 10.0. The first kappa shape index (κ1) is 23.0. The molecule has 35 heavy (non-hydrogen) atoms. The van der Waals surface area contributed by atoms with Crippen LogP contribution in [0.2, 0.25) is 0 Å². The van der Waals surface area contributed by atoms with E-state index < -0.39 is 29.2 Å². The van der Waals surface area contributed by atoms with Crippen molar-refractivity contribution in [1.29, 1.82) is 0 Å². The number of hydrazine groups is 1. The number of nitrogens with zero attached hydrogens (tertiary/aromatic N) is 7. The molecule has 2 amide bonds. The molecule has 4 N–H and O–H groups in total. The summed E-state index contributed by atoms with van der Waals surface area (Å²) in [6.45, 7) is 0.571. The molecule has 1 aromatic heterocycles. The first-order chi connectivity index (χ1) is 16.9. The molecule has 0 aromatic carbocycles. The average molecular weight is 518 g/mol. The van der Waals surface area contributed by atoms with Gasteiger partial charge in [0.25, 0.3) is 11.8 Å². The van der Waals surface area contributed by atoms with Crippen molar-refractivity contribution in [2.75, 3.05) is 31.8 Å². The molecule has 0 spiro atoms. The van der Waals surface area contributed by atoms with Crippen molar-refractivity contribution in [3.8, 4) is 0 Å². The molecule has 0 saturated carbocycles. The molecule has 5 heterocycles. The molecule has 182 valence electrons. The number of thioether (sulfide) groups is 1. The number of aliphatic imine (C=N–C) groups is 2. The third kappa shape index (κ3) is 4.04. The highest BCUT2D eigenvalue weighted by molar-refractivity contribution is 8.00. The Morgan fingerprint density at radius 1 is 1.43 bits per heavy atom. The quantitative estimate of drug-likeness (QED) is 0.237. The maximum absolute atomic E-state index is 13.0. The number of carboxylic acid groups (broad SMARTS) is 1. The molecular formula is C19H19N9O5S2. The molecule has 2 atom stereocenters. The molecule has 1 aromatic rings. The van der Waals surface area contributed by atoms with E-state index in [9.17, 15) is 19.5 Å².